The first-order valence-electron chi connectivity index (χ1n) is 4.50. The number of benzene rings is 1. The van der Waals surface area contributed by atoms with E-state index in [1.165, 1.54) is 22.9 Å². The highest BCUT2D eigenvalue weighted by atomic mass is 79.9. The third-order valence-electron chi connectivity index (χ3n) is 2.66. The Morgan fingerprint density at radius 2 is 2.25 bits per heavy atom. The van der Waals surface area contributed by atoms with E-state index < -0.39 is 0 Å². The van der Waals surface area contributed by atoms with Gasteiger partial charge in [0.15, 0.2) is 0 Å². The van der Waals surface area contributed by atoms with Gasteiger partial charge in [0.2, 0.25) is 0 Å². The molecule has 0 unspecified atom stereocenters. The lowest BCUT2D eigenvalue weighted by Gasteiger charge is -1.99. The van der Waals surface area contributed by atoms with Crippen molar-refractivity contribution in [2.24, 2.45) is 11.8 Å². The fourth-order valence-corrected chi connectivity index (χ4v) is 2.10. The van der Waals surface area contributed by atoms with Gasteiger partial charge in [-0.25, -0.2) is 0 Å². The molecule has 0 N–H and O–H groups in total. The summed E-state index contributed by atoms with van der Waals surface area (Å²) >= 11 is 3.49. The van der Waals surface area contributed by atoms with Crippen molar-refractivity contribution in [2.75, 3.05) is 0 Å². The fourth-order valence-electron chi connectivity index (χ4n) is 1.65. The third kappa shape index (κ3) is 1.89. The van der Waals surface area contributed by atoms with Crippen LogP contribution in [0.25, 0.3) is 0 Å². The van der Waals surface area contributed by atoms with Gasteiger partial charge in [-0.1, -0.05) is 35.0 Å². The molecule has 0 heterocycles. The molecule has 64 valence electrons. The Balaban J connectivity index is 2.03. The molecule has 1 aromatic rings. The maximum atomic E-state index is 3.49. The van der Waals surface area contributed by atoms with E-state index in [-0.39, 0.29) is 0 Å². The molecular weight excluding hydrogens is 212 g/mol. The predicted molar refractivity (Wildman–Crippen MR) is 55.1 cm³/mol. The van der Waals surface area contributed by atoms with Gasteiger partial charge >= 0.3 is 0 Å². The minimum Gasteiger partial charge on any atom is -0.0622 e. The van der Waals surface area contributed by atoms with Crippen molar-refractivity contribution in [1.29, 1.82) is 0 Å². The van der Waals surface area contributed by atoms with E-state index in [2.05, 4.69) is 47.1 Å². The predicted octanol–water partition coefficient (Wildman–Crippen LogP) is 3.65. The summed E-state index contributed by atoms with van der Waals surface area (Å²) in [7, 11) is 0. The first-order valence-corrected chi connectivity index (χ1v) is 5.29. The average molecular weight is 225 g/mol. The fraction of sp³-hybridized carbons (Fsp3) is 0.455. The van der Waals surface area contributed by atoms with Gasteiger partial charge in [-0.3, -0.25) is 0 Å². The second kappa shape index (κ2) is 3.21. The lowest BCUT2D eigenvalue weighted by atomic mass is 10.1. The van der Waals surface area contributed by atoms with Crippen LogP contribution in [0, 0.1) is 11.8 Å². The minimum atomic E-state index is 0.958. The molecule has 2 rings (SSSR count). The van der Waals surface area contributed by atoms with Crippen molar-refractivity contribution < 1.29 is 0 Å². The second-order valence-corrected chi connectivity index (χ2v) is 4.72. The largest absolute Gasteiger partial charge is 0.0622 e. The molecule has 0 amide bonds. The molecule has 1 aliphatic carbocycles. The van der Waals surface area contributed by atoms with Crippen LogP contribution in [0.15, 0.2) is 28.7 Å². The van der Waals surface area contributed by atoms with Gasteiger partial charge in [0.25, 0.3) is 0 Å². The maximum Gasteiger partial charge on any atom is 0.0177 e. The van der Waals surface area contributed by atoms with Crippen LogP contribution in [0.4, 0.5) is 0 Å². The molecule has 1 saturated carbocycles. The van der Waals surface area contributed by atoms with E-state index in [0.717, 1.165) is 11.8 Å². The van der Waals surface area contributed by atoms with Crippen molar-refractivity contribution in [1.82, 2.24) is 0 Å². The average Bonchev–Trinajstić information content (AvgIpc) is 2.66. The Hall–Kier alpha value is -0.300. The Morgan fingerprint density at radius 3 is 2.83 bits per heavy atom. The lowest BCUT2D eigenvalue weighted by Crippen LogP contribution is -1.87. The zero-order valence-electron chi connectivity index (χ0n) is 7.26. The summed E-state index contributed by atoms with van der Waals surface area (Å²) in [5.74, 6) is 1.92. The summed E-state index contributed by atoms with van der Waals surface area (Å²) in [4.78, 5) is 0. The molecule has 0 aliphatic heterocycles. The molecule has 2 atom stereocenters. The summed E-state index contributed by atoms with van der Waals surface area (Å²) in [5, 5.41) is 0. The van der Waals surface area contributed by atoms with E-state index >= 15 is 0 Å². The number of hydrogen-bond donors (Lipinski definition) is 0. The molecular formula is C11H13Br. The van der Waals surface area contributed by atoms with Crippen LogP contribution in [-0.4, -0.2) is 0 Å². The highest BCUT2D eigenvalue weighted by Crippen LogP contribution is 2.40. The van der Waals surface area contributed by atoms with Crippen LogP contribution in [0.1, 0.15) is 18.9 Å². The minimum absolute atomic E-state index is 0.958. The monoisotopic (exact) mass is 224 g/mol. The van der Waals surface area contributed by atoms with Crippen LogP contribution in [0.3, 0.4) is 0 Å². The molecule has 0 radical (unpaired) electrons. The highest BCUT2D eigenvalue weighted by molar-refractivity contribution is 9.10. The molecule has 1 aromatic carbocycles. The number of rotatable bonds is 2. The molecule has 0 nitrogen and oxygen atoms in total. The van der Waals surface area contributed by atoms with Crippen molar-refractivity contribution in [3.63, 3.8) is 0 Å². The molecule has 1 fully saturated rings. The summed E-state index contributed by atoms with van der Waals surface area (Å²) < 4.78 is 1.20. The van der Waals surface area contributed by atoms with Crippen molar-refractivity contribution in [3.05, 3.63) is 34.3 Å². The lowest BCUT2D eigenvalue weighted by molar-refractivity contribution is 0.747. The van der Waals surface area contributed by atoms with Crippen molar-refractivity contribution in [2.45, 2.75) is 19.8 Å². The molecule has 1 aliphatic rings. The third-order valence-corrected chi connectivity index (χ3v) is 3.16. The maximum absolute atomic E-state index is 3.49. The summed E-state index contributed by atoms with van der Waals surface area (Å²) in [5.41, 5.74) is 1.47. The normalized spacial score (nSPS) is 27.2. The SMILES string of the molecule is C[C@@H]1C[C@H]1Cc1cccc(Br)c1. The topological polar surface area (TPSA) is 0 Å². The van der Waals surface area contributed by atoms with E-state index in [4.69, 9.17) is 0 Å². The Bertz CT molecular complexity index is 280. The smallest absolute Gasteiger partial charge is 0.0177 e. The zero-order chi connectivity index (χ0) is 8.55. The van der Waals surface area contributed by atoms with Gasteiger partial charge in [0, 0.05) is 4.47 Å². The van der Waals surface area contributed by atoms with E-state index in [9.17, 15) is 0 Å². The Kier molecular flexibility index (Phi) is 2.22. The van der Waals surface area contributed by atoms with E-state index in [0.29, 0.717) is 0 Å². The molecule has 0 saturated heterocycles. The summed E-state index contributed by atoms with van der Waals surface area (Å²) in [6.07, 6.45) is 2.69. The molecule has 0 bridgehead atoms. The molecule has 12 heavy (non-hydrogen) atoms. The van der Waals surface area contributed by atoms with Crippen LogP contribution in [-0.2, 0) is 6.42 Å². The van der Waals surface area contributed by atoms with Gasteiger partial charge in [-0.05, 0) is 42.4 Å². The van der Waals surface area contributed by atoms with E-state index in [1.54, 1.807) is 0 Å². The van der Waals surface area contributed by atoms with Crippen molar-refractivity contribution in [3.8, 4) is 0 Å². The molecule has 0 spiro atoms. The molecule has 0 aromatic heterocycles. The van der Waals surface area contributed by atoms with Gasteiger partial charge in [-0.2, -0.15) is 0 Å². The quantitative estimate of drug-likeness (QED) is 0.720. The highest BCUT2D eigenvalue weighted by Gasteiger charge is 2.31. The van der Waals surface area contributed by atoms with E-state index in [1.807, 2.05) is 0 Å². The molecule has 1 heteroatoms. The first kappa shape index (κ1) is 8.31. The van der Waals surface area contributed by atoms with Crippen LogP contribution >= 0.6 is 15.9 Å². The number of hydrogen-bond acceptors (Lipinski definition) is 0. The Labute approximate surface area is 82.1 Å². The van der Waals surface area contributed by atoms with Gasteiger partial charge in [0.1, 0.15) is 0 Å². The second-order valence-electron chi connectivity index (χ2n) is 3.81. The standard InChI is InChI=1S/C11H13Br/c1-8-5-10(8)6-9-3-2-4-11(12)7-9/h2-4,7-8,10H,5-6H2,1H3/t8-,10+/m1/s1. The Morgan fingerprint density at radius 1 is 1.50 bits per heavy atom. The zero-order valence-corrected chi connectivity index (χ0v) is 8.84. The van der Waals surface area contributed by atoms with Gasteiger partial charge in [0.05, 0.1) is 0 Å². The van der Waals surface area contributed by atoms with Crippen molar-refractivity contribution >= 4 is 15.9 Å². The first-order chi connectivity index (χ1) is 5.75. The van der Waals surface area contributed by atoms with Crippen LogP contribution < -0.4 is 0 Å². The summed E-state index contributed by atoms with van der Waals surface area (Å²) in [6, 6.07) is 8.65. The van der Waals surface area contributed by atoms with Crippen LogP contribution in [0.2, 0.25) is 0 Å². The van der Waals surface area contributed by atoms with Crippen LogP contribution in [0.5, 0.6) is 0 Å². The summed E-state index contributed by atoms with van der Waals surface area (Å²) in [6.45, 7) is 2.34. The number of halogens is 1. The van der Waals surface area contributed by atoms with Gasteiger partial charge in [-0.15, -0.1) is 0 Å². The van der Waals surface area contributed by atoms with Gasteiger partial charge < -0.3 is 0 Å².